The van der Waals surface area contributed by atoms with Gasteiger partial charge in [0.15, 0.2) is 0 Å². The van der Waals surface area contributed by atoms with Crippen LogP contribution < -0.4 is 10.4 Å². The molecule has 0 fully saturated rings. The molecule has 1 aliphatic rings. The molecule has 26 heavy (non-hydrogen) atoms. The number of benzene rings is 2. The highest BCUT2D eigenvalue weighted by Crippen LogP contribution is 2.47. The molecule has 1 unspecified atom stereocenters. The molecule has 0 bridgehead atoms. The third-order valence-corrected chi connectivity index (χ3v) is 9.43. The van der Waals surface area contributed by atoms with E-state index in [4.69, 9.17) is 0 Å². The number of hydrogen-bond acceptors (Lipinski definition) is 0. The molecule has 0 heterocycles. The van der Waals surface area contributed by atoms with Crippen molar-refractivity contribution in [3.8, 4) is 0 Å². The lowest BCUT2D eigenvalue weighted by atomic mass is 9.78. The Morgan fingerprint density at radius 2 is 1.19 bits per heavy atom. The average molecular weight is 361 g/mol. The van der Waals surface area contributed by atoms with Gasteiger partial charge < -0.3 is 0 Å². The first-order valence-electron chi connectivity index (χ1n) is 9.79. The highest BCUT2D eigenvalue weighted by molar-refractivity contribution is 6.85. The first-order chi connectivity index (χ1) is 12.3. The van der Waals surface area contributed by atoms with Crippen LogP contribution in [0.4, 0.5) is 0 Å². The zero-order valence-corrected chi connectivity index (χ0v) is 18.3. The van der Waals surface area contributed by atoms with E-state index in [2.05, 4.69) is 102 Å². The maximum Gasteiger partial charge on any atom is 0.104 e. The van der Waals surface area contributed by atoms with E-state index < -0.39 is 8.80 Å². The molecule has 1 aliphatic carbocycles. The highest BCUT2D eigenvalue weighted by atomic mass is 28.3. The molecule has 0 nitrogen and oxygen atoms in total. The summed E-state index contributed by atoms with van der Waals surface area (Å²) in [7, 11) is -1.28. The van der Waals surface area contributed by atoms with E-state index in [9.17, 15) is 0 Å². The normalized spacial score (nSPS) is 18.2. The van der Waals surface area contributed by atoms with Crippen molar-refractivity contribution >= 4 is 19.2 Å². The summed E-state index contributed by atoms with van der Waals surface area (Å²) in [5.41, 5.74) is 6.54. The lowest BCUT2D eigenvalue weighted by Gasteiger charge is -2.31. The fraction of sp³-hybridized carbons (Fsp3) is 0.360. The maximum atomic E-state index is 2.38. The third-order valence-electron chi connectivity index (χ3n) is 6.11. The van der Waals surface area contributed by atoms with Crippen LogP contribution in [0.25, 0.3) is 0 Å². The van der Waals surface area contributed by atoms with Crippen molar-refractivity contribution < 1.29 is 0 Å². The van der Waals surface area contributed by atoms with Gasteiger partial charge in [-0.2, -0.15) is 0 Å². The fourth-order valence-electron chi connectivity index (χ4n) is 4.69. The summed E-state index contributed by atoms with van der Waals surface area (Å²) in [4.78, 5) is 0. The zero-order chi connectivity index (χ0) is 18.9. The van der Waals surface area contributed by atoms with Crippen molar-refractivity contribution in [1.82, 2.24) is 0 Å². The van der Waals surface area contributed by atoms with Gasteiger partial charge in [0, 0.05) is 5.92 Å². The van der Waals surface area contributed by atoms with Crippen molar-refractivity contribution in [3.63, 3.8) is 0 Å². The van der Waals surface area contributed by atoms with Crippen molar-refractivity contribution in [2.45, 2.75) is 47.6 Å². The number of allylic oxidation sites excluding steroid dienone is 4. The van der Waals surface area contributed by atoms with E-state index in [1.807, 2.05) is 0 Å². The first kappa shape index (κ1) is 18.9. The summed E-state index contributed by atoms with van der Waals surface area (Å²) in [6.07, 6.45) is 0. The van der Waals surface area contributed by atoms with E-state index in [1.54, 1.807) is 21.5 Å². The van der Waals surface area contributed by atoms with Gasteiger partial charge in [0.1, 0.15) is 8.80 Å². The largest absolute Gasteiger partial charge is 0.104 e. The number of rotatable bonds is 4. The molecular weight excluding hydrogens is 328 g/mol. The van der Waals surface area contributed by atoms with Crippen LogP contribution in [0.15, 0.2) is 83.0 Å². The Morgan fingerprint density at radius 3 is 1.62 bits per heavy atom. The molecule has 0 saturated carbocycles. The van der Waals surface area contributed by atoms with Gasteiger partial charge in [-0.25, -0.2) is 0 Å². The molecule has 0 radical (unpaired) electrons. The quantitative estimate of drug-likeness (QED) is 0.644. The van der Waals surface area contributed by atoms with Gasteiger partial charge in [0.25, 0.3) is 0 Å². The lowest BCUT2D eigenvalue weighted by Crippen LogP contribution is -2.44. The van der Waals surface area contributed by atoms with Crippen LogP contribution in [0.3, 0.4) is 0 Å². The van der Waals surface area contributed by atoms with Crippen LogP contribution in [0.2, 0.25) is 6.04 Å². The molecule has 3 rings (SSSR count). The van der Waals surface area contributed by atoms with Gasteiger partial charge in [0.2, 0.25) is 0 Å². The van der Waals surface area contributed by atoms with E-state index in [0.717, 1.165) is 0 Å². The zero-order valence-electron chi connectivity index (χ0n) is 17.1. The topological polar surface area (TPSA) is 0 Å². The molecule has 0 aliphatic heterocycles. The van der Waals surface area contributed by atoms with E-state index in [1.165, 1.54) is 17.2 Å². The van der Waals surface area contributed by atoms with Crippen LogP contribution in [0, 0.1) is 11.3 Å². The molecule has 1 heteroatoms. The summed E-state index contributed by atoms with van der Waals surface area (Å²) < 4.78 is 0. The second-order valence-electron chi connectivity index (χ2n) is 8.76. The van der Waals surface area contributed by atoms with Crippen LogP contribution in [-0.4, -0.2) is 8.80 Å². The summed E-state index contributed by atoms with van der Waals surface area (Å²) in [6.45, 7) is 14.2. The smallest absolute Gasteiger partial charge is 0.0632 e. The molecule has 2 aromatic carbocycles. The summed E-state index contributed by atoms with van der Waals surface area (Å²) >= 11 is 0. The predicted molar refractivity (Wildman–Crippen MR) is 118 cm³/mol. The Bertz CT molecular complexity index is 780. The summed E-state index contributed by atoms with van der Waals surface area (Å²) in [5.74, 6) is 0.590. The van der Waals surface area contributed by atoms with Gasteiger partial charge >= 0.3 is 0 Å². The minimum atomic E-state index is -1.28. The predicted octanol–water partition coefficient (Wildman–Crippen LogP) is 5.36. The van der Waals surface area contributed by atoms with Crippen LogP contribution in [0.1, 0.15) is 41.5 Å². The van der Waals surface area contributed by atoms with Gasteiger partial charge in [-0.3, -0.25) is 0 Å². The van der Waals surface area contributed by atoms with Crippen molar-refractivity contribution in [1.29, 1.82) is 0 Å². The molecule has 0 amide bonds. The monoisotopic (exact) mass is 360 g/mol. The summed E-state index contributed by atoms with van der Waals surface area (Å²) in [5, 5.41) is 3.11. The van der Waals surface area contributed by atoms with Gasteiger partial charge in [0.05, 0.1) is 0 Å². The summed E-state index contributed by atoms with van der Waals surface area (Å²) in [6, 6.07) is 23.7. The Hall–Kier alpha value is -1.86. The highest BCUT2D eigenvalue weighted by Gasteiger charge is 2.36. The fourth-order valence-corrected chi connectivity index (χ4v) is 8.05. The standard InChI is InChI=1S/C25H32Si/c1-18-19(2)23(24(20(18)3)25(4,5)6)17-26(21-13-9-7-10-14-21)22-15-11-8-12-16-22/h7-16,23,26H,17H2,1-6H3. The van der Waals surface area contributed by atoms with Gasteiger partial charge in [-0.05, 0) is 43.4 Å². The second-order valence-corrected chi connectivity index (χ2v) is 11.7. The Labute approximate surface area is 161 Å². The first-order valence-corrected chi connectivity index (χ1v) is 11.8. The Morgan fingerprint density at radius 1 is 0.731 bits per heavy atom. The van der Waals surface area contributed by atoms with Gasteiger partial charge in [-0.1, -0.05) is 103 Å². The average Bonchev–Trinajstić information content (AvgIpc) is 2.84. The molecule has 0 N–H and O–H groups in total. The van der Waals surface area contributed by atoms with Gasteiger partial charge in [-0.15, -0.1) is 0 Å². The maximum absolute atomic E-state index is 2.38. The molecule has 0 spiro atoms. The molecular formula is C25H32Si. The van der Waals surface area contributed by atoms with Crippen molar-refractivity contribution in [2.75, 3.05) is 0 Å². The Kier molecular flexibility index (Phi) is 5.38. The minimum Gasteiger partial charge on any atom is -0.0632 e. The molecule has 136 valence electrons. The second kappa shape index (κ2) is 7.40. The molecule has 2 aromatic rings. The lowest BCUT2D eigenvalue weighted by molar-refractivity contribution is 0.456. The van der Waals surface area contributed by atoms with Crippen LogP contribution in [-0.2, 0) is 0 Å². The van der Waals surface area contributed by atoms with Crippen LogP contribution >= 0.6 is 0 Å². The van der Waals surface area contributed by atoms with Crippen molar-refractivity contribution in [2.24, 2.45) is 11.3 Å². The SMILES string of the molecule is CC1=C(C)C(C[SiH](c2ccccc2)c2ccccc2)C(C(C)(C)C)=C1C. The Balaban J connectivity index is 2.04. The third kappa shape index (κ3) is 3.64. The van der Waals surface area contributed by atoms with E-state index in [0.29, 0.717) is 5.92 Å². The van der Waals surface area contributed by atoms with Crippen molar-refractivity contribution in [3.05, 3.63) is 83.0 Å². The van der Waals surface area contributed by atoms with E-state index in [-0.39, 0.29) is 5.41 Å². The molecule has 0 aromatic heterocycles. The number of hydrogen-bond donors (Lipinski definition) is 0. The molecule has 0 saturated heterocycles. The molecule has 1 atom stereocenters. The minimum absolute atomic E-state index is 0.222. The van der Waals surface area contributed by atoms with Crippen LogP contribution in [0.5, 0.6) is 0 Å². The van der Waals surface area contributed by atoms with E-state index >= 15 is 0 Å².